The van der Waals surface area contributed by atoms with Crippen LogP contribution in [0.4, 0.5) is 0 Å². The Bertz CT molecular complexity index is 138. The number of rotatable bonds is 3. The van der Waals surface area contributed by atoms with E-state index in [0.717, 1.165) is 0 Å². The van der Waals surface area contributed by atoms with Gasteiger partial charge < -0.3 is 8.85 Å². The molecule has 0 aliphatic heterocycles. The van der Waals surface area contributed by atoms with Crippen molar-refractivity contribution in [3.05, 3.63) is 24.3 Å². The minimum absolute atomic E-state index is 0.426. The predicted molar refractivity (Wildman–Crippen MR) is 43.2 cm³/mol. The lowest BCUT2D eigenvalue weighted by molar-refractivity contribution is 0.275. The maximum atomic E-state index is 5.20. The molecule has 0 aromatic rings. The van der Waals surface area contributed by atoms with Crippen LogP contribution in [-0.2, 0) is 8.85 Å². The van der Waals surface area contributed by atoms with E-state index >= 15 is 0 Å². The summed E-state index contributed by atoms with van der Waals surface area (Å²) in [5.41, 5.74) is 0.426. The Balaban J connectivity index is 2.45. The summed E-state index contributed by atoms with van der Waals surface area (Å²) in [7, 11) is 2.00. The molecular weight excluding hydrogens is 144 g/mol. The van der Waals surface area contributed by atoms with Crippen LogP contribution in [0, 0.1) is 0 Å². The highest BCUT2D eigenvalue weighted by Crippen LogP contribution is 2.19. The molecule has 0 spiro atoms. The van der Waals surface area contributed by atoms with Crippen molar-refractivity contribution in [2.75, 3.05) is 14.2 Å². The van der Waals surface area contributed by atoms with E-state index in [1.54, 1.807) is 14.2 Å². The lowest BCUT2D eigenvalue weighted by Gasteiger charge is -2.13. The summed E-state index contributed by atoms with van der Waals surface area (Å²) in [5, 5.41) is 0. The summed E-state index contributed by atoms with van der Waals surface area (Å²) in [5.74, 6) is 0. The largest absolute Gasteiger partial charge is 0.399 e. The Morgan fingerprint density at radius 2 is 1.60 bits per heavy atom. The minimum atomic E-state index is -1.42. The molecule has 1 aliphatic carbocycles. The third kappa shape index (κ3) is 1.56. The van der Waals surface area contributed by atoms with Gasteiger partial charge in [0.25, 0.3) is 0 Å². The standard InChI is InChI=1S/C7H12O2Si/c1-8-10(9-2)7-5-3-4-6-7/h3-7,10H,1-2H3. The topological polar surface area (TPSA) is 18.5 Å². The van der Waals surface area contributed by atoms with Gasteiger partial charge in [-0.05, 0) is 0 Å². The number of allylic oxidation sites excluding steroid dienone is 4. The molecule has 0 saturated heterocycles. The molecule has 56 valence electrons. The van der Waals surface area contributed by atoms with Crippen LogP contribution in [0.25, 0.3) is 0 Å². The van der Waals surface area contributed by atoms with E-state index in [1.165, 1.54) is 0 Å². The van der Waals surface area contributed by atoms with Crippen molar-refractivity contribution in [1.29, 1.82) is 0 Å². The quantitative estimate of drug-likeness (QED) is 0.567. The second-order valence-electron chi connectivity index (χ2n) is 2.19. The average Bonchev–Trinajstić information content (AvgIpc) is 2.43. The van der Waals surface area contributed by atoms with Crippen LogP contribution in [0.2, 0.25) is 5.54 Å². The zero-order valence-corrected chi connectivity index (χ0v) is 7.44. The highest BCUT2D eigenvalue weighted by Gasteiger charge is 2.20. The first-order chi connectivity index (χ1) is 4.88. The Morgan fingerprint density at radius 3 is 2.00 bits per heavy atom. The zero-order chi connectivity index (χ0) is 7.40. The van der Waals surface area contributed by atoms with Gasteiger partial charge in [0.15, 0.2) is 0 Å². The molecule has 0 atom stereocenters. The van der Waals surface area contributed by atoms with Crippen molar-refractivity contribution in [3.8, 4) is 0 Å². The molecule has 0 fully saturated rings. The summed E-state index contributed by atoms with van der Waals surface area (Å²) in [6, 6.07) is 0. The number of hydrogen-bond acceptors (Lipinski definition) is 2. The van der Waals surface area contributed by atoms with Crippen molar-refractivity contribution in [3.63, 3.8) is 0 Å². The molecule has 1 rings (SSSR count). The molecule has 10 heavy (non-hydrogen) atoms. The van der Waals surface area contributed by atoms with Gasteiger partial charge >= 0.3 is 9.28 Å². The molecule has 3 heteroatoms. The fraction of sp³-hybridized carbons (Fsp3) is 0.429. The molecule has 0 radical (unpaired) electrons. The molecule has 0 amide bonds. The molecule has 0 heterocycles. The molecule has 0 saturated carbocycles. The van der Waals surface area contributed by atoms with E-state index in [2.05, 4.69) is 12.2 Å². The summed E-state index contributed by atoms with van der Waals surface area (Å²) in [6.07, 6.45) is 8.29. The first kappa shape index (κ1) is 7.72. The van der Waals surface area contributed by atoms with Crippen molar-refractivity contribution in [2.24, 2.45) is 0 Å². The van der Waals surface area contributed by atoms with Gasteiger partial charge in [0, 0.05) is 19.8 Å². The normalized spacial score (nSPS) is 17.5. The first-order valence-electron chi connectivity index (χ1n) is 3.29. The highest BCUT2D eigenvalue weighted by molar-refractivity contribution is 6.47. The lowest BCUT2D eigenvalue weighted by atomic mass is 10.5. The maximum Gasteiger partial charge on any atom is 0.331 e. The molecule has 0 aromatic carbocycles. The van der Waals surface area contributed by atoms with Gasteiger partial charge in [-0.3, -0.25) is 0 Å². The molecule has 0 bridgehead atoms. The molecule has 0 unspecified atom stereocenters. The van der Waals surface area contributed by atoms with Crippen molar-refractivity contribution in [2.45, 2.75) is 5.54 Å². The van der Waals surface area contributed by atoms with E-state index in [1.807, 2.05) is 12.2 Å². The van der Waals surface area contributed by atoms with Gasteiger partial charge in [-0.2, -0.15) is 0 Å². The van der Waals surface area contributed by atoms with Gasteiger partial charge in [-0.15, -0.1) is 0 Å². The van der Waals surface area contributed by atoms with E-state index < -0.39 is 9.28 Å². The fourth-order valence-electron chi connectivity index (χ4n) is 1.04. The van der Waals surface area contributed by atoms with Gasteiger partial charge in [0.2, 0.25) is 0 Å². The Hall–Kier alpha value is -0.383. The van der Waals surface area contributed by atoms with Crippen molar-refractivity contribution >= 4 is 9.28 Å². The second-order valence-corrected chi connectivity index (χ2v) is 4.64. The molecule has 0 N–H and O–H groups in total. The fourth-order valence-corrected chi connectivity index (χ4v) is 2.48. The molecular formula is C7H12O2Si. The van der Waals surface area contributed by atoms with E-state index in [0.29, 0.717) is 5.54 Å². The smallest absolute Gasteiger partial charge is 0.331 e. The van der Waals surface area contributed by atoms with Crippen LogP contribution in [0.15, 0.2) is 24.3 Å². The highest BCUT2D eigenvalue weighted by atomic mass is 28.3. The summed E-state index contributed by atoms with van der Waals surface area (Å²) >= 11 is 0. The predicted octanol–water partition coefficient (Wildman–Crippen LogP) is 0.996. The Labute approximate surface area is 63.0 Å². The minimum Gasteiger partial charge on any atom is -0.399 e. The van der Waals surface area contributed by atoms with Gasteiger partial charge in [0.1, 0.15) is 0 Å². The van der Waals surface area contributed by atoms with Gasteiger partial charge in [0.05, 0.1) is 0 Å². The molecule has 2 nitrogen and oxygen atoms in total. The van der Waals surface area contributed by atoms with Gasteiger partial charge in [-0.25, -0.2) is 0 Å². The van der Waals surface area contributed by atoms with E-state index in [-0.39, 0.29) is 0 Å². The third-order valence-electron chi connectivity index (χ3n) is 1.56. The number of hydrogen-bond donors (Lipinski definition) is 0. The van der Waals surface area contributed by atoms with Crippen molar-refractivity contribution in [1.82, 2.24) is 0 Å². The maximum absolute atomic E-state index is 5.20. The zero-order valence-electron chi connectivity index (χ0n) is 6.28. The average molecular weight is 156 g/mol. The van der Waals surface area contributed by atoms with Crippen LogP contribution in [0.1, 0.15) is 0 Å². The summed E-state index contributed by atoms with van der Waals surface area (Å²) < 4.78 is 10.4. The lowest BCUT2D eigenvalue weighted by Crippen LogP contribution is -2.23. The van der Waals surface area contributed by atoms with Crippen LogP contribution in [0.3, 0.4) is 0 Å². The summed E-state index contributed by atoms with van der Waals surface area (Å²) in [6.45, 7) is 0. The van der Waals surface area contributed by atoms with Gasteiger partial charge in [-0.1, -0.05) is 24.3 Å². The SMILES string of the molecule is CO[SiH](OC)C1C=CC=C1. The first-order valence-corrected chi connectivity index (χ1v) is 4.90. The monoisotopic (exact) mass is 156 g/mol. The van der Waals surface area contributed by atoms with Crippen molar-refractivity contribution < 1.29 is 8.85 Å². The molecule has 0 aromatic heterocycles. The van der Waals surface area contributed by atoms with Crippen LogP contribution < -0.4 is 0 Å². The van der Waals surface area contributed by atoms with E-state index in [9.17, 15) is 0 Å². The molecule has 1 aliphatic rings. The van der Waals surface area contributed by atoms with Crippen LogP contribution in [-0.4, -0.2) is 23.5 Å². The van der Waals surface area contributed by atoms with E-state index in [4.69, 9.17) is 8.85 Å². The Kier molecular flexibility index (Phi) is 2.86. The van der Waals surface area contributed by atoms with Crippen LogP contribution in [0.5, 0.6) is 0 Å². The second kappa shape index (κ2) is 3.70. The Morgan fingerprint density at radius 1 is 1.10 bits per heavy atom. The summed E-state index contributed by atoms with van der Waals surface area (Å²) in [4.78, 5) is 0. The van der Waals surface area contributed by atoms with Crippen LogP contribution >= 0.6 is 0 Å². The third-order valence-corrected chi connectivity index (χ3v) is 3.56.